The third-order valence-electron chi connectivity index (χ3n) is 8.02. The van der Waals surface area contributed by atoms with Crippen molar-refractivity contribution in [2.24, 2.45) is 5.92 Å². The summed E-state index contributed by atoms with van der Waals surface area (Å²) in [6.45, 7) is 7.73. The van der Waals surface area contributed by atoms with Gasteiger partial charge in [-0.05, 0) is 62.4 Å². The third kappa shape index (κ3) is 9.81. The highest BCUT2D eigenvalue weighted by molar-refractivity contribution is 6.76. The Balaban J connectivity index is 1.58. The molecule has 2 heterocycles. The number of amides is 1. The molecule has 10 nitrogen and oxygen atoms in total. The molecule has 4 rings (SSSR count). The fraction of sp³-hybridized carbons (Fsp3) is 0.531. The van der Waals surface area contributed by atoms with E-state index in [4.69, 9.17) is 9.47 Å². The number of alkyl halides is 3. The highest BCUT2D eigenvalue weighted by Gasteiger charge is 2.43. The molecule has 0 N–H and O–H groups in total. The predicted octanol–water partition coefficient (Wildman–Crippen LogP) is 6.51. The van der Waals surface area contributed by atoms with Gasteiger partial charge in [0.1, 0.15) is 24.1 Å². The van der Waals surface area contributed by atoms with Gasteiger partial charge in [0.05, 0.1) is 36.9 Å². The SMILES string of the molecule is CCOC(=O)C1CCC(n2ncc(C(=O)N(CC(=O)c3ccn(COCC[Si](C)(C)C)n3)Cc3cc(F)cc(F)c3)c2C(F)(F)F)CC1. The van der Waals surface area contributed by atoms with Crippen molar-refractivity contribution in [1.82, 2.24) is 24.5 Å². The Morgan fingerprint density at radius 2 is 1.71 bits per heavy atom. The van der Waals surface area contributed by atoms with Gasteiger partial charge in [-0.15, -0.1) is 0 Å². The molecule has 262 valence electrons. The molecule has 0 aliphatic heterocycles. The van der Waals surface area contributed by atoms with Gasteiger partial charge in [-0.3, -0.25) is 19.1 Å². The standard InChI is InChI=1S/C32H40F5N5O5Si/c1-5-47-31(45)22-6-8-25(9-7-22)42-29(32(35,36)37)26(17-38-42)30(44)40(18-21-14-23(33)16-24(34)15-21)19-28(43)27-10-11-41(39-27)20-46-12-13-48(2,3)4/h10-11,14-17,22,25H,5-9,12-13,18-20H2,1-4H3. The van der Waals surface area contributed by atoms with Gasteiger partial charge >= 0.3 is 12.1 Å². The average Bonchev–Trinajstić information content (AvgIpc) is 3.66. The minimum absolute atomic E-state index is 0.0683. The second-order valence-electron chi connectivity index (χ2n) is 13.1. The predicted molar refractivity (Wildman–Crippen MR) is 167 cm³/mol. The largest absolute Gasteiger partial charge is 0.466 e. The molecule has 3 aromatic rings. The van der Waals surface area contributed by atoms with E-state index in [0.29, 0.717) is 12.7 Å². The quantitative estimate of drug-likeness (QED) is 0.0622. The topological polar surface area (TPSA) is 109 Å². The fourth-order valence-corrected chi connectivity index (χ4v) is 6.32. The number of benzene rings is 1. The number of Topliss-reactive ketones (excluding diaryl/α,β-unsaturated/α-hetero) is 1. The lowest BCUT2D eigenvalue weighted by Gasteiger charge is -2.29. The zero-order valence-electron chi connectivity index (χ0n) is 27.4. The van der Waals surface area contributed by atoms with Crippen LogP contribution in [0, 0.1) is 17.6 Å². The minimum Gasteiger partial charge on any atom is -0.466 e. The average molecular weight is 698 g/mol. The number of rotatable bonds is 14. The lowest BCUT2D eigenvalue weighted by Crippen LogP contribution is -2.37. The smallest absolute Gasteiger partial charge is 0.433 e. The monoisotopic (exact) mass is 697 g/mol. The van der Waals surface area contributed by atoms with Crippen molar-refractivity contribution in [2.45, 2.75) is 83.8 Å². The van der Waals surface area contributed by atoms with Gasteiger partial charge in [0.25, 0.3) is 5.91 Å². The van der Waals surface area contributed by atoms with Crippen molar-refractivity contribution in [3.05, 3.63) is 70.8 Å². The molecule has 1 fully saturated rings. The van der Waals surface area contributed by atoms with Gasteiger partial charge in [-0.1, -0.05) is 19.6 Å². The first-order valence-corrected chi connectivity index (χ1v) is 19.5. The van der Waals surface area contributed by atoms with Crippen molar-refractivity contribution >= 4 is 25.7 Å². The molecule has 2 aromatic heterocycles. The highest BCUT2D eigenvalue weighted by atomic mass is 28.3. The van der Waals surface area contributed by atoms with Gasteiger partial charge < -0.3 is 14.4 Å². The summed E-state index contributed by atoms with van der Waals surface area (Å²) in [4.78, 5) is 40.1. The maximum atomic E-state index is 14.6. The van der Waals surface area contributed by atoms with Crippen LogP contribution in [0.5, 0.6) is 0 Å². The molecular weight excluding hydrogens is 657 g/mol. The molecule has 1 saturated carbocycles. The molecular formula is C32H40F5N5O5Si. The van der Waals surface area contributed by atoms with Crippen LogP contribution in [0.25, 0.3) is 0 Å². The van der Waals surface area contributed by atoms with Crippen molar-refractivity contribution in [1.29, 1.82) is 0 Å². The number of aromatic nitrogens is 4. The maximum Gasteiger partial charge on any atom is 0.433 e. The summed E-state index contributed by atoms with van der Waals surface area (Å²) in [5.41, 5.74) is -2.28. The van der Waals surface area contributed by atoms with E-state index in [9.17, 15) is 36.3 Å². The molecule has 1 aliphatic rings. The van der Waals surface area contributed by atoms with E-state index in [-0.39, 0.29) is 50.3 Å². The Bertz CT molecular complexity index is 1570. The molecule has 0 atom stereocenters. The van der Waals surface area contributed by atoms with Crippen molar-refractivity contribution in [2.75, 3.05) is 19.8 Å². The number of carbonyl (C=O) groups is 3. The van der Waals surface area contributed by atoms with Gasteiger partial charge in [0, 0.05) is 33.5 Å². The summed E-state index contributed by atoms with van der Waals surface area (Å²) in [5, 5.41) is 8.13. The molecule has 0 saturated heterocycles. The molecule has 0 radical (unpaired) electrons. The number of ketones is 1. The summed E-state index contributed by atoms with van der Waals surface area (Å²) < 4.78 is 84.7. The molecule has 1 aliphatic carbocycles. The summed E-state index contributed by atoms with van der Waals surface area (Å²) >= 11 is 0. The van der Waals surface area contributed by atoms with Crippen molar-refractivity contribution < 1.29 is 45.8 Å². The second kappa shape index (κ2) is 15.5. The summed E-state index contributed by atoms with van der Waals surface area (Å²) in [6.07, 6.45) is -1.78. The van der Waals surface area contributed by atoms with E-state index in [1.54, 1.807) is 6.92 Å². The van der Waals surface area contributed by atoms with Gasteiger partial charge in [0.2, 0.25) is 5.78 Å². The minimum atomic E-state index is -5.02. The number of hydrogen-bond acceptors (Lipinski definition) is 7. The van der Waals surface area contributed by atoms with Crippen LogP contribution >= 0.6 is 0 Å². The Morgan fingerprint density at radius 1 is 1.04 bits per heavy atom. The van der Waals surface area contributed by atoms with Gasteiger partial charge in [-0.2, -0.15) is 23.4 Å². The number of carbonyl (C=O) groups excluding carboxylic acids is 3. The first-order chi connectivity index (χ1) is 22.6. The lowest BCUT2D eigenvalue weighted by atomic mass is 9.86. The van der Waals surface area contributed by atoms with E-state index in [1.807, 2.05) is 0 Å². The Labute approximate surface area is 276 Å². The molecule has 48 heavy (non-hydrogen) atoms. The Morgan fingerprint density at radius 3 is 2.31 bits per heavy atom. The highest BCUT2D eigenvalue weighted by Crippen LogP contribution is 2.39. The van der Waals surface area contributed by atoms with Crippen LogP contribution in [0.4, 0.5) is 22.0 Å². The van der Waals surface area contributed by atoms with Crippen molar-refractivity contribution in [3.63, 3.8) is 0 Å². The van der Waals surface area contributed by atoms with E-state index in [0.717, 1.165) is 34.0 Å². The van der Waals surface area contributed by atoms with E-state index < -0.39 is 79.9 Å². The van der Waals surface area contributed by atoms with E-state index in [2.05, 4.69) is 29.8 Å². The van der Waals surface area contributed by atoms with Crippen LogP contribution < -0.4 is 0 Å². The number of nitrogens with zero attached hydrogens (tertiary/aromatic N) is 5. The van der Waals surface area contributed by atoms with Crippen LogP contribution in [-0.4, -0.2) is 70.0 Å². The maximum absolute atomic E-state index is 14.6. The fourth-order valence-electron chi connectivity index (χ4n) is 5.56. The normalized spacial score (nSPS) is 16.9. The molecule has 0 unspecified atom stereocenters. The van der Waals surface area contributed by atoms with Crippen LogP contribution in [0.3, 0.4) is 0 Å². The summed E-state index contributed by atoms with van der Waals surface area (Å²) in [5.74, 6) is -4.68. The van der Waals surface area contributed by atoms with Gasteiger partial charge in [-0.25, -0.2) is 13.5 Å². The van der Waals surface area contributed by atoms with Crippen LogP contribution in [0.15, 0.2) is 36.7 Å². The number of ether oxygens (including phenoxy) is 2. The molecule has 0 spiro atoms. The Hall–Kier alpha value is -3.92. The first kappa shape index (κ1) is 36.9. The second-order valence-corrected chi connectivity index (χ2v) is 18.7. The zero-order chi connectivity index (χ0) is 35.2. The van der Waals surface area contributed by atoms with Crippen LogP contribution in [-0.2, 0) is 33.7 Å². The molecule has 0 bridgehead atoms. The summed E-state index contributed by atoms with van der Waals surface area (Å²) in [6, 6.07) is 4.02. The van der Waals surface area contributed by atoms with E-state index in [1.165, 1.54) is 16.9 Å². The molecule has 1 aromatic carbocycles. The third-order valence-corrected chi connectivity index (χ3v) is 9.72. The van der Waals surface area contributed by atoms with Crippen LogP contribution in [0.1, 0.15) is 70.8 Å². The number of halogens is 5. The Kier molecular flexibility index (Phi) is 11.9. The number of hydrogen-bond donors (Lipinski definition) is 0. The van der Waals surface area contributed by atoms with Gasteiger partial charge in [0.15, 0.2) is 5.69 Å². The summed E-state index contributed by atoms with van der Waals surface area (Å²) in [7, 11) is -1.33. The van der Waals surface area contributed by atoms with Crippen LogP contribution in [0.2, 0.25) is 25.7 Å². The lowest BCUT2D eigenvalue weighted by molar-refractivity contribution is -0.151. The van der Waals surface area contributed by atoms with E-state index >= 15 is 0 Å². The van der Waals surface area contributed by atoms with Crippen molar-refractivity contribution in [3.8, 4) is 0 Å². The number of esters is 1. The zero-order valence-corrected chi connectivity index (χ0v) is 28.4. The first-order valence-electron chi connectivity index (χ1n) is 15.8. The molecule has 1 amide bonds. The molecule has 16 heteroatoms.